The van der Waals surface area contributed by atoms with Crippen molar-refractivity contribution < 1.29 is 0 Å². The predicted molar refractivity (Wildman–Crippen MR) is 216 cm³/mol. The second kappa shape index (κ2) is 10.3. The van der Waals surface area contributed by atoms with Crippen molar-refractivity contribution >= 4 is 65.2 Å². The Labute approximate surface area is 298 Å². The van der Waals surface area contributed by atoms with Crippen molar-refractivity contribution in [3.05, 3.63) is 170 Å². The van der Waals surface area contributed by atoms with E-state index in [1.165, 1.54) is 82.0 Å². The molecule has 1 aliphatic rings. The normalized spacial score (nSPS) is 12.2. The third-order valence-corrected chi connectivity index (χ3v) is 11.1. The van der Waals surface area contributed by atoms with Gasteiger partial charge in [-0.2, -0.15) is 0 Å². The van der Waals surface area contributed by atoms with E-state index in [0.29, 0.717) is 0 Å². The Kier molecular flexibility index (Phi) is 5.47. The van der Waals surface area contributed by atoms with Crippen LogP contribution in [0.15, 0.2) is 170 Å². The molecule has 0 spiro atoms. The number of aromatic nitrogens is 4. The van der Waals surface area contributed by atoms with Crippen LogP contribution in [0.5, 0.6) is 0 Å². The van der Waals surface area contributed by atoms with Crippen LogP contribution in [0.25, 0.3) is 110 Å². The summed E-state index contributed by atoms with van der Waals surface area (Å²) < 4.78 is 4.74. The predicted octanol–water partition coefficient (Wildman–Crippen LogP) is 12.3. The molecule has 0 aliphatic heterocycles. The van der Waals surface area contributed by atoms with Gasteiger partial charge in [0.25, 0.3) is 0 Å². The summed E-state index contributed by atoms with van der Waals surface area (Å²) in [5, 5.41) is 9.68. The van der Waals surface area contributed by atoms with Gasteiger partial charge in [0.15, 0.2) is 0 Å². The van der Waals surface area contributed by atoms with Crippen molar-refractivity contribution in [1.29, 1.82) is 0 Å². The Morgan fingerprint density at radius 3 is 1.96 bits per heavy atom. The summed E-state index contributed by atoms with van der Waals surface area (Å²) in [7, 11) is 0. The van der Waals surface area contributed by atoms with E-state index in [1.54, 1.807) is 0 Å². The Balaban J connectivity index is 1.12. The molecule has 0 saturated carbocycles. The summed E-state index contributed by atoms with van der Waals surface area (Å²) in [6, 6.07) is 59.4. The Morgan fingerprint density at radius 2 is 1.10 bits per heavy atom. The van der Waals surface area contributed by atoms with Crippen LogP contribution in [0.4, 0.5) is 0 Å². The van der Waals surface area contributed by atoms with Gasteiger partial charge in [-0.25, -0.2) is 4.98 Å². The lowest BCUT2D eigenvalue weighted by atomic mass is 10.00. The van der Waals surface area contributed by atoms with Crippen LogP contribution in [0, 0.1) is 0 Å². The number of hydrogen-bond donors (Lipinski definition) is 0. The number of hydrogen-bond acceptors (Lipinski definition) is 2. The van der Waals surface area contributed by atoms with Gasteiger partial charge in [0, 0.05) is 49.8 Å². The summed E-state index contributed by atoms with van der Waals surface area (Å²) in [4.78, 5) is 10.3. The van der Waals surface area contributed by atoms with Crippen molar-refractivity contribution in [3.63, 3.8) is 0 Å². The zero-order chi connectivity index (χ0) is 33.9. The first-order chi connectivity index (χ1) is 25.8. The van der Waals surface area contributed by atoms with Gasteiger partial charge in [0.1, 0.15) is 11.5 Å². The zero-order valence-electron chi connectivity index (χ0n) is 28.0. The standard InChI is InChI=1S/C48H28N4/c1-2-12-33(13-3-1)51-41-18-7-6-15-35(41)39-26-30(20-23-42(39)51)31-21-24-43-40(27-31)38-22-19-29-10-4-5-14-34(29)48(38)52(43)44-28-32-11-8-16-36-37-17-9-25-49-46(37)47(50-44)45(32)36/h1-28H. The smallest absolute Gasteiger partial charge is 0.139 e. The van der Waals surface area contributed by atoms with Crippen LogP contribution < -0.4 is 0 Å². The molecule has 4 aromatic heterocycles. The lowest BCUT2D eigenvalue weighted by molar-refractivity contribution is 1.09. The van der Waals surface area contributed by atoms with Crippen molar-refractivity contribution in [2.24, 2.45) is 0 Å². The highest BCUT2D eigenvalue weighted by Crippen LogP contribution is 2.47. The van der Waals surface area contributed by atoms with Crippen LogP contribution in [0.1, 0.15) is 0 Å². The largest absolute Gasteiger partial charge is 0.309 e. The van der Waals surface area contributed by atoms with Crippen LogP contribution in [0.3, 0.4) is 0 Å². The minimum absolute atomic E-state index is 0.900. The molecule has 0 unspecified atom stereocenters. The fourth-order valence-electron chi connectivity index (χ4n) is 8.82. The highest BCUT2D eigenvalue weighted by atomic mass is 15.1. The molecule has 0 fully saturated rings. The number of para-hydroxylation sites is 2. The molecule has 4 nitrogen and oxygen atoms in total. The van der Waals surface area contributed by atoms with Crippen molar-refractivity contribution in [2.75, 3.05) is 0 Å². The Morgan fingerprint density at radius 1 is 0.404 bits per heavy atom. The summed E-state index contributed by atoms with van der Waals surface area (Å²) in [5.74, 6) is 0.900. The number of rotatable bonds is 3. The molecule has 0 amide bonds. The molecule has 4 heteroatoms. The Hall–Kier alpha value is -7.04. The van der Waals surface area contributed by atoms with Gasteiger partial charge in [-0.05, 0) is 82.1 Å². The second-order valence-electron chi connectivity index (χ2n) is 13.8. The first-order valence-electron chi connectivity index (χ1n) is 17.7. The summed E-state index contributed by atoms with van der Waals surface area (Å²) in [6.07, 6.45) is 1.87. The topological polar surface area (TPSA) is 35.6 Å². The van der Waals surface area contributed by atoms with Crippen LogP contribution in [-0.4, -0.2) is 19.1 Å². The molecule has 240 valence electrons. The number of benzene rings is 7. The van der Waals surface area contributed by atoms with E-state index in [-0.39, 0.29) is 0 Å². The van der Waals surface area contributed by atoms with E-state index >= 15 is 0 Å². The molecule has 1 aliphatic carbocycles. The van der Waals surface area contributed by atoms with Crippen LogP contribution in [0.2, 0.25) is 0 Å². The van der Waals surface area contributed by atoms with Crippen molar-refractivity contribution in [2.45, 2.75) is 0 Å². The maximum atomic E-state index is 5.43. The van der Waals surface area contributed by atoms with Gasteiger partial charge in [0.05, 0.1) is 27.8 Å². The lowest BCUT2D eigenvalue weighted by Crippen LogP contribution is -1.99. The van der Waals surface area contributed by atoms with Gasteiger partial charge in [0.2, 0.25) is 0 Å². The molecule has 0 radical (unpaired) electrons. The molecule has 12 rings (SSSR count). The van der Waals surface area contributed by atoms with E-state index in [9.17, 15) is 0 Å². The molecule has 0 atom stereocenters. The van der Waals surface area contributed by atoms with Gasteiger partial charge in [-0.15, -0.1) is 0 Å². The molecular weight excluding hydrogens is 633 g/mol. The molecule has 0 bridgehead atoms. The summed E-state index contributed by atoms with van der Waals surface area (Å²) >= 11 is 0. The van der Waals surface area contributed by atoms with E-state index < -0.39 is 0 Å². The van der Waals surface area contributed by atoms with Crippen molar-refractivity contribution in [3.8, 4) is 45.1 Å². The highest BCUT2D eigenvalue weighted by Gasteiger charge is 2.26. The van der Waals surface area contributed by atoms with Crippen LogP contribution in [-0.2, 0) is 0 Å². The third kappa shape index (κ3) is 3.70. The van der Waals surface area contributed by atoms with Gasteiger partial charge in [-0.3, -0.25) is 9.55 Å². The fraction of sp³-hybridized carbons (Fsp3) is 0. The second-order valence-corrected chi connectivity index (χ2v) is 13.8. The molecule has 4 heterocycles. The highest BCUT2D eigenvalue weighted by molar-refractivity contribution is 6.20. The van der Waals surface area contributed by atoms with Gasteiger partial charge >= 0.3 is 0 Å². The molecular formula is C48H28N4. The molecule has 0 N–H and O–H groups in total. The molecule has 7 aromatic carbocycles. The van der Waals surface area contributed by atoms with Gasteiger partial charge in [-0.1, -0.05) is 109 Å². The molecule has 52 heavy (non-hydrogen) atoms. The monoisotopic (exact) mass is 660 g/mol. The first kappa shape index (κ1) is 27.7. The van der Waals surface area contributed by atoms with E-state index in [2.05, 4.69) is 167 Å². The first-order valence-corrected chi connectivity index (χ1v) is 17.7. The average molecular weight is 661 g/mol. The fourth-order valence-corrected chi connectivity index (χ4v) is 8.82. The number of nitrogens with zero attached hydrogens (tertiary/aromatic N) is 4. The number of pyridine rings is 2. The SMILES string of the molecule is c1ccc(-n2c3ccccc3c3cc(-c4ccc5c(c4)c4ccc6ccccc6c4n5-c4cc5cccc6c5c(n4)-c4ncccc4-6)ccc32)cc1. The minimum atomic E-state index is 0.900. The summed E-state index contributed by atoms with van der Waals surface area (Å²) in [6.45, 7) is 0. The van der Waals surface area contributed by atoms with Crippen molar-refractivity contribution in [1.82, 2.24) is 19.1 Å². The van der Waals surface area contributed by atoms with Crippen LogP contribution >= 0.6 is 0 Å². The maximum Gasteiger partial charge on any atom is 0.139 e. The quantitative estimate of drug-likeness (QED) is 0.189. The average Bonchev–Trinajstić information content (AvgIpc) is 3.84. The van der Waals surface area contributed by atoms with Gasteiger partial charge < -0.3 is 4.57 Å². The zero-order valence-corrected chi connectivity index (χ0v) is 28.0. The lowest BCUT2D eigenvalue weighted by Gasteiger charge is -2.12. The minimum Gasteiger partial charge on any atom is -0.309 e. The molecule has 11 aromatic rings. The van der Waals surface area contributed by atoms with E-state index in [1.807, 2.05) is 12.3 Å². The van der Waals surface area contributed by atoms with E-state index in [0.717, 1.165) is 28.3 Å². The maximum absolute atomic E-state index is 5.43. The number of fused-ring (bicyclic) bond motifs is 11. The third-order valence-electron chi connectivity index (χ3n) is 11.1. The Bertz CT molecular complexity index is 3290. The van der Waals surface area contributed by atoms with E-state index in [4.69, 9.17) is 9.97 Å². The molecule has 0 saturated heterocycles. The summed E-state index contributed by atoms with van der Waals surface area (Å²) in [5.41, 5.74) is 12.5.